The summed E-state index contributed by atoms with van der Waals surface area (Å²) in [5, 5.41) is 2.49. The van der Waals surface area contributed by atoms with Gasteiger partial charge in [-0.25, -0.2) is 0 Å². The van der Waals surface area contributed by atoms with E-state index in [-0.39, 0.29) is 11.4 Å². The first-order valence-corrected chi connectivity index (χ1v) is 2.50. The SMILES string of the molecule is O=C1[CH]CC(Cl)N1. The van der Waals surface area contributed by atoms with Crippen molar-refractivity contribution in [3.63, 3.8) is 0 Å². The Morgan fingerprint density at radius 3 is 2.86 bits per heavy atom. The number of hydrogen-bond donors (Lipinski definition) is 1. The molecule has 1 unspecified atom stereocenters. The number of alkyl halides is 1. The first-order valence-electron chi connectivity index (χ1n) is 2.07. The van der Waals surface area contributed by atoms with Crippen LogP contribution in [0.2, 0.25) is 0 Å². The van der Waals surface area contributed by atoms with Crippen molar-refractivity contribution in [1.29, 1.82) is 0 Å². The minimum Gasteiger partial charge on any atom is -0.340 e. The molecule has 1 amide bonds. The van der Waals surface area contributed by atoms with Crippen LogP contribution < -0.4 is 5.32 Å². The van der Waals surface area contributed by atoms with Crippen LogP contribution in [0.25, 0.3) is 0 Å². The Labute approximate surface area is 46.8 Å². The Kier molecular flexibility index (Phi) is 1.19. The van der Waals surface area contributed by atoms with Gasteiger partial charge in [0.05, 0.1) is 6.42 Å². The van der Waals surface area contributed by atoms with Crippen molar-refractivity contribution in [1.82, 2.24) is 5.32 Å². The lowest BCUT2D eigenvalue weighted by molar-refractivity contribution is -0.116. The Bertz CT molecular complexity index is 93.7. The van der Waals surface area contributed by atoms with Crippen LogP contribution in [0.1, 0.15) is 6.42 Å². The Morgan fingerprint density at radius 1 is 2.00 bits per heavy atom. The molecule has 0 saturated carbocycles. The molecule has 39 valence electrons. The summed E-state index contributed by atoms with van der Waals surface area (Å²) in [6.45, 7) is 0. The molecule has 2 nitrogen and oxygen atoms in total. The minimum absolute atomic E-state index is 0.0556. The van der Waals surface area contributed by atoms with E-state index in [4.69, 9.17) is 11.6 Å². The average molecular weight is 119 g/mol. The number of rotatable bonds is 0. The minimum atomic E-state index is -0.160. The van der Waals surface area contributed by atoms with E-state index in [1.807, 2.05) is 0 Å². The summed E-state index contributed by atoms with van der Waals surface area (Å²) < 4.78 is 0. The van der Waals surface area contributed by atoms with Crippen LogP contribution in [0.4, 0.5) is 0 Å². The summed E-state index contributed by atoms with van der Waals surface area (Å²) in [5.41, 5.74) is -0.160. The molecule has 1 aliphatic heterocycles. The summed E-state index contributed by atoms with van der Waals surface area (Å²) in [5.74, 6) is -0.0556. The van der Waals surface area contributed by atoms with Gasteiger partial charge in [-0.3, -0.25) is 4.79 Å². The van der Waals surface area contributed by atoms with Gasteiger partial charge in [0.15, 0.2) is 0 Å². The van der Waals surface area contributed by atoms with E-state index in [1.54, 1.807) is 0 Å². The number of amides is 1. The van der Waals surface area contributed by atoms with Gasteiger partial charge in [-0.05, 0) is 6.42 Å². The highest BCUT2D eigenvalue weighted by atomic mass is 35.5. The maximum atomic E-state index is 10.2. The van der Waals surface area contributed by atoms with Gasteiger partial charge in [-0.15, -0.1) is 0 Å². The zero-order chi connectivity index (χ0) is 5.28. The molecule has 7 heavy (non-hydrogen) atoms. The van der Waals surface area contributed by atoms with Gasteiger partial charge in [0.2, 0.25) is 5.91 Å². The molecule has 1 atom stereocenters. The standard InChI is InChI=1S/C4H5ClNO/c5-3-1-2-4(7)6-3/h2-3H,1H2,(H,6,7). The number of nitrogens with one attached hydrogen (secondary N) is 1. The number of hydrogen-bond acceptors (Lipinski definition) is 1. The van der Waals surface area contributed by atoms with E-state index in [0.717, 1.165) is 0 Å². The zero-order valence-corrected chi connectivity index (χ0v) is 4.40. The van der Waals surface area contributed by atoms with E-state index in [0.29, 0.717) is 6.42 Å². The molecule has 0 aromatic carbocycles. The molecule has 0 bridgehead atoms. The third kappa shape index (κ3) is 1.06. The van der Waals surface area contributed by atoms with Crippen LogP contribution in [0.5, 0.6) is 0 Å². The molecular weight excluding hydrogens is 114 g/mol. The summed E-state index contributed by atoms with van der Waals surface area (Å²) in [6, 6.07) is 0. The molecule has 1 radical (unpaired) electrons. The topological polar surface area (TPSA) is 29.1 Å². The monoisotopic (exact) mass is 118 g/mol. The fourth-order valence-corrected chi connectivity index (χ4v) is 0.679. The second-order valence-electron chi connectivity index (χ2n) is 1.42. The molecule has 1 fully saturated rings. The Balaban J connectivity index is 2.40. The molecule has 1 saturated heterocycles. The van der Waals surface area contributed by atoms with Crippen molar-refractivity contribution in [2.75, 3.05) is 0 Å². The van der Waals surface area contributed by atoms with Gasteiger partial charge in [-0.2, -0.15) is 0 Å². The fraction of sp³-hybridized carbons (Fsp3) is 0.500. The number of halogens is 1. The predicted molar refractivity (Wildman–Crippen MR) is 26.7 cm³/mol. The van der Waals surface area contributed by atoms with E-state index < -0.39 is 0 Å². The Hall–Kier alpha value is -0.240. The number of carbonyl (C=O) groups excluding carboxylic acids is 1. The van der Waals surface area contributed by atoms with Crippen molar-refractivity contribution >= 4 is 17.5 Å². The molecule has 0 aromatic heterocycles. The quantitative estimate of drug-likeness (QED) is 0.359. The normalized spacial score (nSPS) is 30.4. The van der Waals surface area contributed by atoms with Crippen molar-refractivity contribution in [3.8, 4) is 0 Å². The zero-order valence-electron chi connectivity index (χ0n) is 3.65. The average Bonchev–Trinajstić information content (AvgIpc) is 1.87. The molecule has 0 aliphatic carbocycles. The van der Waals surface area contributed by atoms with Gasteiger partial charge in [-0.1, -0.05) is 11.6 Å². The van der Waals surface area contributed by atoms with Crippen LogP contribution >= 0.6 is 11.6 Å². The third-order valence-corrected chi connectivity index (χ3v) is 1.10. The molecule has 1 N–H and O–H groups in total. The summed E-state index contributed by atoms with van der Waals surface area (Å²) >= 11 is 5.44. The van der Waals surface area contributed by atoms with Crippen LogP contribution in [0.15, 0.2) is 0 Å². The van der Waals surface area contributed by atoms with Gasteiger partial charge in [0.25, 0.3) is 0 Å². The Morgan fingerprint density at radius 2 is 2.71 bits per heavy atom. The van der Waals surface area contributed by atoms with Crippen LogP contribution in [-0.2, 0) is 4.79 Å². The van der Waals surface area contributed by atoms with E-state index in [1.165, 1.54) is 6.42 Å². The lowest BCUT2D eigenvalue weighted by Gasteiger charge is -1.92. The van der Waals surface area contributed by atoms with Crippen molar-refractivity contribution < 1.29 is 4.79 Å². The largest absolute Gasteiger partial charge is 0.340 e. The van der Waals surface area contributed by atoms with Crippen molar-refractivity contribution in [2.45, 2.75) is 11.9 Å². The van der Waals surface area contributed by atoms with Gasteiger partial charge >= 0.3 is 0 Å². The number of carbonyl (C=O) groups is 1. The van der Waals surface area contributed by atoms with Crippen LogP contribution in [0.3, 0.4) is 0 Å². The molecule has 1 rings (SSSR count). The van der Waals surface area contributed by atoms with Crippen LogP contribution in [0, 0.1) is 6.42 Å². The highest BCUT2D eigenvalue weighted by Gasteiger charge is 2.17. The van der Waals surface area contributed by atoms with Gasteiger partial charge < -0.3 is 5.32 Å². The molecule has 1 heterocycles. The summed E-state index contributed by atoms with van der Waals surface area (Å²) in [7, 11) is 0. The van der Waals surface area contributed by atoms with Gasteiger partial charge in [0.1, 0.15) is 5.50 Å². The third-order valence-electron chi connectivity index (χ3n) is 0.809. The predicted octanol–water partition coefficient (Wildman–Crippen LogP) is 0.275. The molecule has 0 spiro atoms. The maximum absolute atomic E-state index is 10.2. The molecular formula is C4H5ClNO. The lowest BCUT2D eigenvalue weighted by Crippen LogP contribution is -2.19. The molecule has 3 heteroatoms. The fourth-order valence-electron chi connectivity index (χ4n) is 0.483. The van der Waals surface area contributed by atoms with Gasteiger partial charge in [0, 0.05) is 0 Å². The van der Waals surface area contributed by atoms with E-state index >= 15 is 0 Å². The van der Waals surface area contributed by atoms with E-state index in [2.05, 4.69) is 5.32 Å². The highest BCUT2D eigenvalue weighted by Crippen LogP contribution is 2.07. The first kappa shape index (κ1) is 4.91. The second-order valence-corrected chi connectivity index (χ2v) is 1.94. The van der Waals surface area contributed by atoms with Crippen molar-refractivity contribution in [2.24, 2.45) is 0 Å². The lowest BCUT2D eigenvalue weighted by atomic mass is 10.4. The highest BCUT2D eigenvalue weighted by molar-refractivity contribution is 6.22. The second kappa shape index (κ2) is 1.70. The smallest absolute Gasteiger partial charge is 0.225 e. The first-order chi connectivity index (χ1) is 3.29. The van der Waals surface area contributed by atoms with E-state index in [9.17, 15) is 4.79 Å². The molecule has 0 aromatic rings. The van der Waals surface area contributed by atoms with Crippen LogP contribution in [-0.4, -0.2) is 11.4 Å². The van der Waals surface area contributed by atoms with Crippen molar-refractivity contribution in [3.05, 3.63) is 6.42 Å². The summed E-state index contributed by atoms with van der Waals surface area (Å²) in [4.78, 5) is 10.2. The maximum Gasteiger partial charge on any atom is 0.225 e. The molecule has 1 aliphatic rings. The summed E-state index contributed by atoms with van der Waals surface area (Å²) in [6.07, 6.45) is 2.19.